The number of ether oxygens (including phenoxy) is 1. The summed E-state index contributed by atoms with van der Waals surface area (Å²) in [6.45, 7) is 2.26. The SMILES string of the molecule is CCCCCCC1CCC2CC(c3ccc(C(=O)Oc4ccc(C#N)c(F)c4)cc3F)CCC2C1. The molecule has 0 aliphatic heterocycles. The van der Waals surface area contributed by atoms with Gasteiger partial charge in [-0.1, -0.05) is 51.5 Å². The number of esters is 1. The molecular weight excluding hydrogens is 444 g/mol. The molecule has 0 bridgehead atoms. The molecule has 0 aromatic heterocycles. The van der Waals surface area contributed by atoms with Crippen LogP contribution >= 0.6 is 0 Å². The van der Waals surface area contributed by atoms with Gasteiger partial charge in [-0.05, 0) is 85.6 Å². The summed E-state index contributed by atoms with van der Waals surface area (Å²) in [5.41, 5.74) is 0.648. The molecule has 35 heavy (non-hydrogen) atoms. The van der Waals surface area contributed by atoms with Crippen LogP contribution in [-0.2, 0) is 0 Å². The zero-order valence-corrected chi connectivity index (χ0v) is 20.6. The Bertz CT molecular complexity index is 1080. The molecule has 2 aromatic rings. The minimum absolute atomic E-state index is 0.0183. The summed E-state index contributed by atoms with van der Waals surface area (Å²) in [6, 6.07) is 9.85. The molecule has 0 spiro atoms. The van der Waals surface area contributed by atoms with Crippen molar-refractivity contribution in [1.29, 1.82) is 5.26 Å². The first-order valence-corrected chi connectivity index (χ1v) is 13.2. The highest BCUT2D eigenvalue weighted by Gasteiger charge is 2.36. The van der Waals surface area contributed by atoms with Crippen molar-refractivity contribution in [2.45, 2.75) is 83.5 Å². The molecule has 2 aliphatic carbocycles. The lowest BCUT2D eigenvalue weighted by molar-refractivity contribution is 0.0733. The predicted molar refractivity (Wildman–Crippen MR) is 132 cm³/mol. The largest absolute Gasteiger partial charge is 0.423 e. The summed E-state index contributed by atoms with van der Waals surface area (Å²) in [5.74, 6) is 0.610. The molecule has 186 valence electrons. The van der Waals surface area contributed by atoms with E-state index in [1.807, 2.05) is 0 Å². The highest BCUT2D eigenvalue weighted by atomic mass is 19.1. The highest BCUT2D eigenvalue weighted by molar-refractivity contribution is 5.91. The molecule has 2 aromatic carbocycles. The molecule has 4 unspecified atom stereocenters. The van der Waals surface area contributed by atoms with Crippen molar-refractivity contribution in [2.24, 2.45) is 17.8 Å². The van der Waals surface area contributed by atoms with E-state index < -0.39 is 11.8 Å². The minimum atomic E-state index is -0.763. The third kappa shape index (κ3) is 6.28. The number of unbranched alkanes of at least 4 members (excludes halogenated alkanes) is 3. The van der Waals surface area contributed by atoms with E-state index in [2.05, 4.69) is 6.92 Å². The third-order valence-corrected chi connectivity index (χ3v) is 8.14. The second-order valence-corrected chi connectivity index (χ2v) is 10.4. The quantitative estimate of drug-likeness (QED) is 0.217. The van der Waals surface area contributed by atoms with Crippen molar-refractivity contribution in [1.82, 2.24) is 0 Å². The van der Waals surface area contributed by atoms with Crippen LogP contribution in [-0.4, -0.2) is 5.97 Å². The number of carbonyl (C=O) groups excluding carboxylic acids is 1. The molecule has 0 N–H and O–H groups in total. The maximum Gasteiger partial charge on any atom is 0.343 e. The minimum Gasteiger partial charge on any atom is -0.423 e. The summed E-state index contributed by atoms with van der Waals surface area (Å²) in [7, 11) is 0. The smallest absolute Gasteiger partial charge is 0.343 e. The average Bonchev–Trinajstić information content (AvgIpc) is 2.86. The van der Waals surface area contributed by atoms with Crippen molar-refractivity contribution < 1.29 is 18.3 Å². The molecule has 0 radical (unpaired) electrons. The molecule has 0 amide bonds. The number of hydrogen-bond donors (Lipinski definition) is 0. The normalized spacial score (nSPS) is 23.8. The van der Waals surface area contributed by atoms with Gasteiger partial charge in [0.05, 0.1) is 11.1 Å². The van der Waals surface area contributed by atoms with Gasteiger partial charge in [-0.3, -0.25) is 0 Å². The van der Waals surface area contributed by atoms with E-state index in [-0.39, 0.29) is 28.6 Å². The first-order chi connectivity index (χ1) is 17.0. The van der Waals surface area contributed by atoms with Gasteiger partial charge in [0.2, 0.25) is 0 Å². The second kappa shape index (κ2) is 11.8. The van der Waals surface area contributed by atoms with Crippen LogP contribution in [0.3, 0.4) is 0 Å². The molecule has 0 heterocycles. The van der Waals surface area contributed by atoms with E-state index in [0.717, 1.165) is 37.2 Å². The number of nitriles is 1. The maximum atomic E-state index is 15.1. The van der Waals surface area contributed by atoms with E-state index in [1.165, 1.54) is 69.6 Å². The summed E-state index contributed by atoms with van der Waals surface area (Å²) in [4.78, 5) is 12.5. The van der Waals surface area contributed by atoms with E-state index in [9.17, 15) is 9.18 Å². The fraction of sp³-hybridized carbons (Fsp3) is 0.533. The van der Waals surface area contributed by atoms with Crippen LogP contribution in [0.5, 0.6) is 5.75 Å². The van der Waals surface area contributed by atoms with Crippen LogP contribution in [0.25, 0.3) is 0 Å². The molecule has 2 aliphatic rings. The topological polar surface area (TPSA) is 50.1 Å². The van der Waals surface area contributed by atoms with Gasteiger partial charge in [-0.15, -0.1) is 0 Å². The monoisotopic (exact) mass is 479 g/mol. The van der Waals surface area contributed by atoms with E-state index in [4.69, 9.17) is 10.00 Å². The zero-order valence-electron chi connectivity index (χ0n) is 20.6. The Hall–Kier alpha value is -2.74. The van der Waals surface area contributed by atoms with E-state index in [1.54, 1.807) is 18.2 Å². The van der Waals surface area contributed by atoms with Crippen molar-refractivity contribution in [3.63, 3.8) is 0 Å². The van der Waals surface area contributed by atoms with Gasteiger partial charge in [0, 0.05) is 6.07 Å². The van der Waals surface area contributed by atoms with Gasteiger partial charge >= 0.3 is 5.97 Å². The lowest BCUT2D eigenvalue weighted by Crippen LogP contribution is -2.30. The standard InChI is InChI=1S/C30H35F2NO2/c1-2-3-4-5-6-20-7-8-22-16-23(10-9-21(22)15-20)27-14-12-24(17-29(27)32)30(34)35-26-13-11-25(19-33)28(31)18-26/h11-14,17-18,20-23H,2-10,15-16H2,1H3. The van der Waals surface area contributed by atoms with Gasteiger partial charge in [0.25, 0.3) is 0 Å². The van der Waals surface area contributed by atoms with Crippen LogP contribution < -0.4 is 4.74 Å². The van der Waals surface area contributed by atoms with Crippen molar-refractivity contribution >= 4 is 5.97 Å². The Balaban J connectivity index is 1.33. The number of rotatable bonds is 8. The van der Waals surface area contributed by atoms with E-state index in [0.29, 0.717) is 11.5 Å². The Morgan fingerprint density at radius 1 is 0.971 bits per heavy atom. The van der Waals surface area contributed by atoms with Gasteiger partial charge in [0.15, 0.2) is 0 Å². The second-order valence-electron chi connectivity index (χ2n) is 10.4. The van der Waals surface area contributed by atoms with Gasteiger partial charge in [-0.2, -0.15) is 5.26 Å². The highest BCUT2D eigenvalue weighted by Crippen LogP contribution is 2.48. The molecule has 3 nitrogen and oxygen atoms in total. The fourth-order valence-electron chi connectivity index (χ4n) is 6.19. The number of hydrogen-bond acceptors (Lipinski definition) is 3. The summed E-state index contributed by atoms with van der Waals surface area (Å²) >= 11 is 0. The van der Waals surface area contributed by atoms with Crippen LogP contribution in [0.4, 0.5) is 8.78 Å². The molecule has 4 atom stereocenters. The Kier molecular flexibility index (Phi) is 8.55. The maximum absolute atomic E-state index is 15.1. The molecular formula is C30H35F2NO2. The van der Waals surface area contributed by atoms with Gasteiger partial charge < -0.3 is 4.74 Å². The number of nitrogens with zero attached hydrogens (tertiary/aromatic N) is 1. The summed E-state index contributed by atoms with van der Waals surface area (Å²) in [5, 5.41) is 8.82. The third-order valence-electron chi connectivity index (χ3n) is 8.14. The first kappa shape index (κ1) is 25.4. The Labute approximate surface area is 207 Å². The van der Waals surface area contributed by atoms with Gasteiger partial charge in [-0.25, -0.2) is 13.6 Å². The molecule has 2 saturated carbocycles. The lowest BCUT2D eigenvalue weighted by atomic mass is 9.63. The number of halogens is 2. The molecule has 2 fully saturated rings. The van der Waals surface area contributed by atoms with Crippen molar-refractivity contribution in [3.05, 3.63) is 64.7 Å². The Morgan fingerprint density at radius 3 is 2.51 bits per heavy atom. The molecule has 4 rings (SSSR count). The fourth-order valence-corrected chi connectivity index (χ4v) is 6.19. The number of fused-ring (bicyclic) bond motifs is 1. The number of carbonyl (C=O) groups is 1. The molecule has 0 saturated heterocycles. The lowest BCUT2D eigenvalue weighted by Gasteiger charge is -2.42. The predicted octanol–water partition coefficient (Wildman–Crippen LogP) is 8.33. The molecule has 5 heteroatoms. The zero-order chi connectivity index (χ0) is 24.8. The number of benzene rings is 2. The van der Waals surface area contributed by atoms with Crippen LogP contribution in [0.15, 0.2) is 36.4 Å². The average molecular weight is 480 g/mol. The summed E-state index contributed by atoms with van der Waals surface area (Å²) < 4.78 is 34.0. The van der Waals surface area contributed by atoms with Crippen molar-refractivity contribution in [3.8, 4) is 11.8 Å². The van der Waals surface area contributed by atoms with Crippen LogP contribution in [0, 0.1) is 40.7 Å². The first-order valence-electron chi connectivity index (χ1n) is 13.2. The van der Waals surface area contributed by atoms with Crippen LogP contribution in [0.2, 0.25) is 0 Å². The summed E-state index contributed by atoms with van der Waals surface area (Å²) in [6.07, 6.45) is 13.8. The Morgan fingerprint density at radius 2 is 1.77 bits per heavy atom. The van der Waals surface area contributed by atoms with Gasteiger partial charge in [0.1, 0.15) is 23.5 Å². The van der Waals surface area contributed by atoms with Crippen LogP contribution in [0.1, 0.15) is 105 Å². The van der Waals surface area contributed by atoms with E-state index >= 15 is 4.39 Å². The van der Waals surface area contributed by atoms with Crippen molar-refractivity contribution in [2.75, 3.05) is 0 Å².